The van der Waals surface area contributed by atoms with Gasteiger partial charge in [-0.05, 0) is 69.4 Å². The van der Waals surface area contributed by atoms with Crippen LogP contribution in [0, 0.1) is 0 Å². The lowest BCUT2D eigenvalue weighted by Gasteiger charge is -2.10. The highest BCUT2D eigenvalue weighted by atomic mass is 16.3. The van der Waals surface area contributed by atoms with E-state index in [0.717, 1.165) is 93.6 Å². The summed E-state index contributed by atoms with van der Waals surface area (Å²) in [6, 6.07) is 65.2. The Labute approximate surface area is 332 Å². The van der Waals surface area contributed by atoms with Crippen LogP contribution < -0.4 is 0 Å². The molecule has 0 aliphatic heterocycles. The van der Waals surface area contributed by atoms with E-state index in [1.54, 1.807) is 0 Å². The normalized spacial score (nSPS) is 11.8. The molecule has 9 aromatic carbocycles. The Morgan fingerprint density at radius 3 is 1.09 bits per heavy atom. The number of hydrogen-bond donors (Lipinski definition) is 0. The maximum absolute atomic E-state index is 6.47. The van der Waals surface area contributed by atoms with Crippen LogP contribution in [0.2, 0.25) is 0 Å². The number of fused-ring (bicyclic) bond motifs is 10. The summed E-state index contributed by atoms with van der Waals surface area (Å²) < 4.78 is 12.9. The van der Waals surface area contributed by atoms with Gasteiger partial charge < -0.3 is 8.83 Å². The highest BCUT2D eigenvalue weighted by Crippen LogP contribution is 2.38. The minimum atomic E-state index is 0.613. The molecule has 0 spiro atoms. The van der Waals surface area contributed by atoms with Gasteiger partial charge in [-0.25, -0.2) is 15.0 Å². The molecule has 0 fully saturated rings. The van der Waals surface area contributed by atoms with Crippen LogP contribution in [0.1, 0.15) is 0 Å². The smallest absolute Gasteiger partial charge is 0.164 e. The van der Waals surface area contributed by atoms with Gasteiger partial charge in [0.2, 0.25) is 0 Å². The molecular formula is C53H31N3O2. The van der Waals surface area contributed by atoms with Gasteiger partial charge in [0, 0.05) is 49.0 Å². The van der Waals surface area contributed by atoms with Gasteiger partial charge in [0.15, 0.2) is 17.5 Å². The van der Waals surface area contributed by atoms with Gasteiger partial charge >= 0.3 is 0 Å². The zero-order chi connectivity index (χ0) is 38.2. The van der Waals surface area contributed by atoms with E-state index >= 15 is 0 Å². The lowest BCUT2D eigenvalue weighted by atomic mass is 10.0. The second-order valence-electron chi connectivity index (χ2n) is 14.8. The minimum absolute atomic E-state index is 0.613. The van der Waals surface area contributed by atoms with E-state index in [1.807, 2.05) is 30.3 Å². The summed E-state index contributed by atoms with van der Waals surface area (Å²) in [4.78, 5) is 15.0. The summed E-state index contributed by atoms with van der Waals surface area (Å²) in [6.07, 6.45) is 0. The Morgan fingerprint density at radius 1 is 0.259 bits per heavy atom. The first-order chi connectivity index (χ1) is 28.7. The zero-order valence-electron chi connectivity index (χ0n) is 31.1. The third-order valence-corrected chi connectivity index (χ3v) is 11.3. The summed E-state index contributed by atoms with van der Waals surface area (Å²) in [5.74, 6) is 1.85. The number of hydrogen-bond acceptors (Lipinski definition) is 5. The molecule has 5 nitrogen and oxygen atoms in total. The van der Waals surface area contributed by atoms with Crippen molar-refractivity contribution < 1.29 is 8.83 Å². The maximum atomic E-state index is 6.47. The van der Waals surface area contributed by atoms with Crippen molar-refractivity contribution in [3.05, 3.63) is 188 Å². The van der Waals surface area contributed by atoms with E-state index in [1.165, 1.54) is 10.8 Å². The van der Waals surface area contributed by atoms with Crippen LogP contribution in [0.5, 0.6) is 0 Å². The van der Waals surface area contributed by atoms with Gasteiger partial charge in [-0.2, -0.15) is 0 Å². The van der Waals surface area contributed by atoms with Crippen LogP contribution in [0.25, 0.3) is 122 Å². The Hall–Kier alpha value is -7.89. The molecule has 0 amide bonds. The number of aromatic nitrogens is 3. The molecule has 0 N–H and O–H groups in total. The molecule has 12 rings (SSSR count). The molecule has 0 saturated carbocycles. The first-order valence-electron chi connectivity index (χ1n) is 19.4. The maximum Gasteiger partial charge on any atom is 0.164 e. The average molecular weight is 742 g/mol. The summed E-state index contributed by atoms with van der Waals surface area (Å²) in [5.41, 5.74) is 10.7. The van der Waals surface area contributed by atoms with E-state index in [0.29, 0.717) is 17.5 Å². The van der Waals surface area contributed by atoms with Crippen LogP contribution in [-0.4, -0.2) is 15.0 Å². The summed E-state index contributed by atoms with van der Waals surface area (Å²) in [6.45, 7) is 0. The molecule has 270 valence electrons. The van der Waals surface area contributed by atoms with Crippen molar-refractivity contribution in [2.75, 3.05) is 0 Å². The third kappa shape index (κ3) is 5.29. The molecule has 0 unspecified atom stereocenters. The Kier molecular flexibility index (Phi) is 7.16. The Balaban J connectivity index is 0.884. The largest absolute Gasteiger partial charge is 0.455 e. The summed E-state index contributed by atoms with van der Waals surface area (Å²) >= 11 is 0. The van der Waals surface area contributed by atoms with Crippen molar-refractivity contribution in [1.82, 2.24) is 15.0 Å². The molecule has 3 aromatic heterocycles. The first kappa shape index (κ1) is 32.4. The number of benzene rings is 9. The van der Waals surface area contributed by atoms with Gasteiger partial charge in [-0.3, -0.25) is 0 Å². The SMILES string of the molecule is c1ccc(-c2nc(-c3ccc(-c4ccc5c(c4)oc4c6ccccc6ccc54)cc3)nc(-c3ccc(-c4ccc5c(c4)oc4c6ccccc6ccc54)cc3)n2)cc1. The Bertz CT molecular complexity index is 3330. The fourth-order valence-corrected chi connectivity index (χ4v) is 8.34. The quantitative estimate of drug-likeness (QED) is 0.176. The predicted molar refractivity (Wildman–Crippen MR) is 237 cm³/mol. The molecule has 3 heterocycles. The van der Waals surface area contributed by atoms with E-state index in [4.69, 9.17) is 23.8 Å². The van der Waals surface area contributed by atoms with Crippen LogP contribution in [0.4, 0.5) is 0 Å². The summed E-state index contributed by atoms with van der Waals surface area (Å²) in [7, 11) is 0. The molecule has 0 bridgehead atoms. The second kappa shape index (κ2) is 12.8. The van der Waals surface area contributed by atoms with E-state index in [2.05, 4.69) is 158 Å². The van der Waals surface area contributed by atoms with Gasteiger partial charge in [0.1, 0.15) is 22.3 Å². The molecule has 0 aliphatic rings. The van der Waals surface area contributed by atoms with Crippen LogP contribution in [-0.2, 0) is 0 Å². The van der Waals surface area contributed by atoms with Crippen molar-refractivity contribution in [1.29, 1.82) is 0 Å². The van der Waals surface area contributed by atoms with Gasteiger partial charge in [-0.15, -0.1) is 0 Å². The van der Waals surface area contributed by atoms with Crippen molar-refractivity contribution in [3.63, 3.8) is 0 Å². The highest BCUT2D eigenvalue weighted by Gasteiger charge is 2.16. The second-order valence-corrected chi connectivity index (χ2v) is 14.8. The topological polar surface area (TPSA) is 65.0 Å². The highest BCUT2D eigenvalue weighted by molar-refractivity contribution is 6.16. The van der Waals surface area contributed by atoms with E-state index in [-0.39, 0.29) is 0 Å². The van der Waals surface area contributed by atoms with Gasteiger partial charge in [-0.1, -0.05) is 152 Å². The Morgan fingerprint density at radius 2 is 0.621 bits per heavy atom. The molecule has 0 saturated heterocycles. The molecule has 12 aromatic rings. The number of nitrogens with zero attached hydrogens (tertiary/aromatic N) is 3. The first-order valence-corrected chi connectivity index (χ1v) is 19.4. The van der Waals surface area contributed by atoms with Crippen molar-refractivity contribution in [2.45, 2.75) is 0 Å². The van der Waals surface area contributed by atoms with Gasteiger partial charge in [0.25, 0.3) is 0 Å². The van der Waals surface area contributed by atoms with Crippen molar-refractivity contribution in [3.8, 4) is 56.4 Å². The van der Waals surface area contributed by atoms with Gasteiger partial charge in [0.05, 0.1) is 0 Å². The lowest BCUT2D eigenvalue weighted by molar-refractivity contribution is 0.672. The average Bonchev–Trinajstić information content (AvgIpc) is 3.87. The monoisotopic (exact) mass is 741 g/mol. The molecule has 0 aliphatic carbocycles. The predicted octanol–water partition coefficient (Wildman–Crippen LogP) is 14.3. The fraction of sp³-hybridized carbons (Fsp3) is 0. The van der Waals surface area contributed by atoms with E-state index in [9.17, 15) is 0 Å². The number of furan rings is 2. The van der Waals surface area contributed by atoms with Crippen molar-refractivity contribution in [2.24, 2.45) is 0 Å². The van der Waals surface area contributed by atoms with Crippen LogP contribution in [0.3, 0.4) is 0 Å². The standard InChI is InChI=1S/C53H31N3O2/c1-2-10-36(11-3-1)51-54-52(37-18-14-32(15-19-37)39-24-26-43-45-28-22-34-8-4-6-12-41(34)49(45)57-47(43)30-39)56-53(55-51)38-20-16-33(17-21-38)40-25-27-44-46-29-23-35-9-5-7-13-42(35)50(46)58-48(44)31-40/h1-31H. The number of rotatable bonds is 5. The molecule has 58 heavy (non-hydrogen) atoms. The summed E-state index contributed by atoms with van der Waals surface area (Å²) in [5, 5.41) is 9.07. The minimum Gasteiger partial charge on any atom is -0.455 e. The molecule has 0 radical (unpaired) electrons. The molecule has 0 atom stereocenters. The molecular weight excluding hydrogens is 711 g/mol. The molecule has 5 heteroatoms. The van der Waals surface area contributed by atoms with Crippen LogP contribution >= 0.6 is 0 Å². The van der Waals surface area contributed by atoms with Crippen LogP contribution in [0.15, 0.2) is 197 Å². The fourth-order valence-electron chi connectivity index (χ4n) is 8.34. The van der Waals surface area contributed by atoms with Crippen molar-refractivity contribution >= 4 is 65.4 Å². The third-order valence-electron chi connectivity index (χ3n) is 11.3. The lowest BCUT2D eigenvalue weighted by Crippen LogP contribution is -2.00. The van der Waals surface area contributed by atoms with E-state index < -0.39 is 0 Å². The zero-order valence-corrected chi connectivity index (χ0v) is 31.1.